The Labute approximate surface area is 162 Å². The summed E-state index contributed by atoms with van der Waals surface area (Å²) in [6.07, 6.45) is 1.80. The topological polar surface area (TPSA) is 98.6 Å². The predicted molar refractivity (Wildman–Crippen MR) is 102 cm³/mol. The van der Waals surface area contributed by atoms with Crippen LogP contribution in [-0.2, 0) is 20.8 Å². The molecule has 5 rings (SSSR count). The third-order valence-corrected chi connectivity index (χ3v) is 4.85. The van der Waals surface area contributed by atoms with Gasteiger partial charge in [0.2, 0.25) is 5.91 Å². The van der Waals surface area contributed by atoms with Crippen LogP contribution in [0.3, 0.4) is 0 Å². The number of nitrogens with zero attached hydrogens (tertiary/aromatic N) is 4. The molecule has 28 heavy (non-hydrogen) atoms. The molecule has 0 aliphatic carbocycles. The summed E-state index contributed by atoms with van der Waals surface area (Å²) in [4.78, 5) is 30.6. The molecule has 0 spiro atoms. The number of hydrogen-bond acceptors (Lipinski definition) is 7. The number of carbonyl (C=O) groups excluding carboxylic acids is 1. The minimum atomic E-state index is -0.319. The molecule has 1 unspecified atom stereocenters. The van der Waals surface area contributed by atoms with E-state index in [0.717, 1.165) is 22.6 Å². The Balaban J connectivity index is 1.54. The van der Waals surface area contributed by atoms with Gasteiger partial charge in [0, 0.05) is 30.9 Å². The lowest BCUT2D eigenvalue weighted by Crippen LogP contribution is -2.49. The molecule has 3 aliphatic rings. The normalized spacial score (nSPS) is 21.4. The van der Waals surface area contributed by atoms with E-state index in [4.69, 9.17) is 9.47 Å². The van der Waals surface area contributed by atoms with Gasteiger partial charge in [-0.2, -0.15) is 5.10 Å². The average molecular weight is 385 g/mol. The summed E-state index contributed by atoms with van der Waals surface area (Å²) >= 11 is 0. The molecule has 1 amide bonds. The number of ether oxygens (including phenoxy) is 2. The molecule has 5 heterocycles. The molecule has 2 aromatic heterocycles. The van der Waals surface area contributed by atoms with E-state index >= 15 is 0 Å². The second-order valence-electron chi connectivity index (χ2n) is 6.87. The van der Waals surface area contributed by atoms with Gasteiger partial charge in [-0.05, 0) is 25.1 Å². The van der Waals surface area contributed by atoms with E-state index in [1.807, 2.05) is 19.1 Å². The summed E-state index contributed by atoms with van der Waals surface area (Å²) in [6, 6.07) is 7.08. The highest BCUT2D eigenvalue weighted by Crippen LogP contribution is 2.25. The van der Waals surface area contributed by atoms with E-state index in [2.05, 4.69) is 20.3 Å². The van der Waals surface area contributed by atoms with Gasteiger partial charge < -0.3 is 19.7 Å². The van der Waals surface area contributed by atoms with Gasteiger partial charge in [0.25, 0.3) is 5.56 Å². The quantitative estimate of drug-likeness (QED) is 0.776. The van der Waals surface area contributed by atoms with Gasteiger partial charge in [-0.15, -0.1) is 0 Å². The highest BCUT2D eigenvalue weighted by atomic mass is 16.5. The van der Waals surface area contributed by atoms with Crippen molar-refractivity contribution >= 4 is 11.7 Å². The Morgan fingerprint density at radius 3 is 2.93 bits per heavy atom. The summed E-state index contributed by atoms with van der Waals surface area (Å²) in [6.45, 7) is 4.86. The zero-order valence-corrected chi connectivity index (χ0v) is 15.7. The summed E-state index contributed by atoms with van der Waals surface area (Å²) in [5, 5.41) is 6.98. The Kier molecular flexibility index (Phi) is 5.36. The van der Waals surface area contributed by atoms with Gasteiger partial charge in [-0.25, -0.2) is 9.67 Å². The van der Waals surface area contributed by atoms with Gasteiger partial charge in [-0.1, -0.05) is 0 Å². The van der Waals surface area contributed by atoms with Crippen molar-refractivity contribution in [3.63, 3.8) is 0 Å². The van der Waals surface area contributed by atoms with E-state index in [1.165, 1.54) is 6.07 Å². The molecule has 2 atom stereocenters. The number of likely N-dealkylation sites (N-methyl/N-ethyl adjacent to an activating group) is 1. The molecule has 3 aliphatic heterocycles. The number of rotatable bonds is 5. The third-order valence-electron chi connectivity index (χ3n) is 4.85. The first kappa shape index (κ1) is 18.6. The van der Waals surface area contributed by atoms with Crippen LogP contribution in [0, 0.1) is 0 Å². The van der Waals surface area contributed by atoms with Crippen LogP contribution in [0.25, 0.3) is 11.3 Å². The van der Waals surface area contributed by atoms with Crippen molar-refractivity contribution in [2.24, 2.45) is 0 Å². The predicted octanol–water partition coefficient (Wildman–Crippen LogP) is 0.0454. The van der Waals surface area contributed by atoms with E-state index in [0.29, 0.717) is 32.1 Å². The lowest BCUT2D eigenvalue weighted by atomic mass is 10.1. The van der Waals surface area contributed by atoms with E-state index in [-0.39, 0.29) is 30.2 Å². The number of carbonyl (C=O) groups is 1. The van der Waals surface area contributed by atoms with Crippen molar-refractivity contribution in [3.05, 3.63) is 40.8 Å². The molecule has 0 saturated carbocycles. The Hall–Kier alpha value is -2.78. The van der Waals surface area contributed by atoms with Gasteiger partial charge >= 0.3 is 0 Å². The minimum absolute atomic E-state index is 0.0692. The molecule has 3 saturated heterocycles. The molecule has 9 heteroatoms. The maximum absolute atomic E-state index is 12.0. The van der Waals surface area contributed by atoms with E-state index < -0.39 is 0 Å². The van der Waals surface area contributed by atoms with Crippen molar-refractivity contribution in [1.82, 2.24) is 20.1 Å². The first-order valence-electron chi connectivity index (χ1n) is 9.41. The van der Waals surface area contributed by atoms with Gasteiger partial charge in [0.1, 0.15) is 12.4 Å². The zero-order valence-electron chi connectivity index (χ0n) is 15.7. The van der Waals surface area contributed by atoms with Crippen LogP contribution in [0.2, 0.25) is 0 Å². The number of fused-ring (bicyclic) bond motifs is 4. The van der Waals surface area contributed by atoms with Crippen molar-refractivity contribution in [2.75, 3.05) is 37.8 Å². The number of pyridine rings is 1. The summed E-state index contributed by atoms with van der Waals surface area (Å²) in [5.41, 5.74) is 1.05. The zero-order chi connectivity index (χ0) is 19.5. The minimum Gasteiger partial charge on any atom is -0.376 e. The molecule has 148 valence electrons. The van der Waals surface area contributed by atoms with E-state index in [1.54, 1.807) is 12.3 Å². The molecular weight excluding hydrogens is 362 g/mol. The van der Waals surface area contributed by atoms with Gasteiger partial charge in [-0.3, -0.25) is 9.59 Å². The second-order valence-corrected chi connectivity index (χ2v) is 6.87. The van der Waals surface area contributed by atoms with Crippen LogP contribution in [-0.4, -0.2) is 65.7 Å². The summed E-state index contributed by atoms with van der Waals surface area (Å²) in [7, 11) is 0. The summed E-state index contributed by atoms with van der Waals surface area (Å²) in [5.74, 6) is 0.617. The summed E-state index contributed by atoms with van der Waals surface area (Å²) < 4.78 is 12.5. The Morgan fingerprint density at radius 1 is 1.25 bits per heavy atom. The Morgan fingerprint density at radius 2 is 2.14 bits per heavy atom. The smallest absolute Gasteiger partial charge is 0.267 e. The number of anilines is 1. The highest BCUT2D eigenvalue weighted by molar-refractivity contribution is 5.75. The fraction of sp³-hybridized carbons (Fsp3) is 0.474. The lowest BCUT2D eigenvalue weighted by molar-refractivity contribution is -0.121. The first-order valence-corrected chi connectivity index (χ1v) is 9.41. The van der Waals surface area contributed by atoms with Crippen molar-refractivity contribution in [3.8, 4) is 11.3 Å². The largest absolute Gasteiger partial charge is 0.376 e. The molecule has 0 aromatic carbocycles. The third kappa shape index (κ3) is 3.90. The maximum atomic E-state index is 12.0. The molecular formula is C19H23N5O4. The molecule has 2 aromatic rings. The monoisotopic (exact) mass is 385 g/mol. The maximum Gasteiger partial charge on any atom is 0.267 e. The van der Waals surface area contributed by atoms with Crippen molar-refractivity contribution < 1.29 is 14.3 Å². The number of aromatic nitrogens is 3. The van der Waals surface area contributed by atoms with Gasteiger partial charge in [0.05, 0.1) is 37.7 Å². The van der Waals surface area contributed by atoms with Gasteiger partial charge in [0.15, 0.2) is 0 Å². The SMILES string of the molecule is CCNC(=O)Cn1nc(-c2ccc(N3C[C@@H]4COCC3CO4)nc2)ccc1=O. The van der Waals surface area contributed by atoms with Crippen molar-refractivity contribution in [2.45, 2.75) is 25.6 Å². The van der Waals surface area contributed by atoms with Crippen LogP contribution >= 0.6 is 0 Å². The number of amides is 1. The molecule has 0 radical (unpaired) electrons. The average Bonchev–Trinajstić information content (AvgIpc) is 3.06. The van der Waals surface area contributed by atoms with Crippen LogP contribution in [0.5, 0.6) is 0 Å². The number of nitrogens with one attached hydrogen (secondary N) is 1. The van der Waals surface area contributed by atoms with E-state index in [9.17, 15) is 9.59 Å². The lowest BCUT2D eigenvalue weighted by Gasteiger charge is -2.36. The second kappa shape index (κ2) is 8.07. The number of hydrogen-bond donors (Lipinski definition) is 1. The van der Waals surface area contributed by atoms with Crippen LogP contribution in [0.15, 0.2) is 35.3 Å². The van der Waals surface area contributed by atoms with Crippen molar-refractivity contribution in [1.29, 1.82) is 0 Å². The molecule has 3 fully saturated rings. The molecule has 2 bridgehead atoms. The standard InChI is InChI=1S/C19H23N5O4/c1-2-20-18(25)9-24-19(26)6-4-16(22-24)13-3-5-17(21-7-13)23-8-15-12-27-10-14(23)11-28-15/h3-7,14-15H,2,8-12H2,1H3,(H,20,25)/t14?,15-/m1/s1. The fourth-order valence-electron chi connectivity index (χ4n) is 3.43. The number of morpholine rings is 1. The fourth-order valence-corrected chi connectivity index (χ4v) is 3.43. The van der Waals surface area contributed by atoms with Crippen LogP contribution in [0.4, 0.5) is 5.82 Å². The first-order chi connectivity index (χ1) is 13.6. The highest BCUT2D eigenvalue weighted by Gasteiger charge is 2.33. The van der Waals surface area contributed by atoms with Crippen LogP contribution < -0.4 is 15.8 Å². The Bertz CT molecular complexity index is 894. The molecule has 9 nitrogen and oxygen atoms in total. The molecule has 1 N–H and O–H groups in total. The van der Waals surface area contributed by atoms with Crippen LogP contribution in [0.1, 0.15) is 6.92 Å².